The smallest absolute Gasteiger partial charge is 0.871 e. The van der Waals surface area contributed by atoms with Crippen molar-refractivity contribution in [1.82, 2.24) is 0 Å². The molecule has 2 rings (SSSR count). The van der Waals surface area contributed by atoms with Gasteiger partial charge < -0.3 is 9.52 Å². The summed E-state index contributed by atoms with van der Waals surface area (Å²) in [7, 11) is 0. The van der Waals surface area contributed by atoms with Gasteiger partial charge in [0, 0.05) is 5.39 Å². The van der Waals surface area contributed by atoms with Crippen molar-refractivity contribution >= 4 is 16.8 Å². The van der Waals surface area contributed by atoms with Crippen LogP contribution in [-0.2, 0) is 0 Å². The molecule has 0 amide bonds. The molecule has 5 heteroatoms. The fraction of sp³-hybridized carbons (Fsp3) is 0.0909. The summed E-state index contributed by atoms with van der Waals surface area (Å²) < 4.78 is 4.86. The Morgan fingerprint density at radius 3 is 2.56 bits per heavy atom. The second-order valence-corrected chi connectivity index (χ2v) is 3.15. The number of carbonyl (C=O) groups is 1. The van der Waals surface area contributed by atoms with E-state index >= 15 is 0 Å². The van der Waals surface area contributed by atoms with Crippen molar-refractivity contribution in [3.8, 4) is 5.75 Å². The van der Waals surface area contributed by atoms with Crippen LogP contribution in [0.2, 0.25) is 0 Å². The molecule has 4 nitrogen and oxygen atoms in total. The van der Waals surface area contributed by atoms with Crippen molar-refractivity contribution in [2.75, 3.05) is 0 Å². The van der Waals surface area contributed by atoms with E-state index in [2.05, 4.69) is 0 Å². The van der Waals surface area contributed by atoms with Crippen molar-refractivity contribution < 1.29 is 43.9 Å². The molecule has 0 saturated heterocycles. The molecule has 1 aromatic carbocycles. The van der Waals surface area contributed by atoms with Crippen LogP contribution in [0.5, 0.6) is 5.75 Å². The van der Waals surface area contributed by atoms with Crippen LogP contribution in [0.4, 0.5) is 0 Å². The van der Waals surface area contributed by atoms with E-state index in [0.717, 1.165) is 0 Å². The number of ketones is 1. The zero-order valence-electron chi connectivity index (χ0n) is 8.94. The average Bonchev–Trinajstić information content (AvgIpc) is 2.17. The van der Waals surface area contributed by atoms with Gasteiger partial charge in [0.05, 0.1) is 5.56 Å². The van der Waals surface area contributed by atoms with Crippen molar-refractivity contribution in [3.05, 3.63) is 40.2 Å². The molecule has 76 valence electrons. The average molecular weight is 226 g/mol. The minimum absolute atomic E-state index is 0. The zero-order valence-corrected chi connectivity index (χ0v) is 10.9. The SMILES string of the molecule is CC(=O)c1c([O-])c2ccccc2oc1=O.[Na+]. The quantitative estimate of drug-likeness (QED) is 0.322. The summed E-state index contributed by atoms with van der Waals surface area (Å²) in [6, 6.07) is 6.33. The number of rotatable bonds is 1. The second-order valence-electron chi connectivity index (χ2n) is 3.15. The topological polar surface area (TPSA) is 70.3 Å². The van der Waals surface area contributed by atoms with Crippen LogP contribution in [0.15, 0.2) is 33.5 Å². The molecule has 0 N–H and O–H groups in total. The van der Waals surface area contributed by atoms with Crippen LogP contribution in [0.1, 0.15) is 17.3 Å². The van der Waals surface area contributed by atoms with Crippen molar-refractivity contribution in [1.29, 1.82) is 0 Å². The third-order valence-corrected chi connectivity index (χ3v) is 2.12. The first-order valence-corrected chi connectivity index (χ1v) is 4.35. The molecule has 1 aromatic heterocycles. The monoisotopic (exact) mass is 226 g/mol. The first-order chi connectivity index (χ1) is 7.11. The van der Waals surface area contributed by atoms with Crippen molar-refractivity contribution in [2.24, 2.45) is 0 Å². The van der Waals surface area contributed by atoms with Gasteiger partial charge in [-0.05, 0) is 13.0 Å². The number of hydrogen-bond donors (Lipinski definition) is 0. The summed E-state index contributed by atoms with van der Waals surface area (Å²) in [5, 5.41) is 12.0. The Morgan fingerprint density at radius 1 is 1.31 bits per heavy atom. The standard InChI is InChI=1S/C11H8O4.Na/c1-6(12)9-10(13)7-4-2-3-5-8(7)15-11(9)14;/h2-5,13H,1H3;/q;+1/p-1. The summed E-state index contributed by atoms with van der Waals surface area (Å²) in [4.78, 5) is 22.4. The zero-order chi connectivity index (χ0) is 11.0. The summed E-state index contributed by atoms with van der Waals surface area (Å²) in [5.41, 5.74) is -1.07. The van der Waals surface area contributed by atoms with E-state index in [-0.39, 0.29) is 40.5 Å². The molecular weight excluding hydrogens is 219 g/mol. The van der Waals surface area contributed by atoms with Gasteiger partial charge in [0.2, 0.25) is 0 Å². The molecule has 16 heavy (non-hydrogen) atoms. The molecule has 1 heterocycles. The third-order valence-electron chi connectivity index (χ3n) is 2.12. The third kappa shape index (κ3) is 2.04. The van der Waals surface area contributed by atoms with Crippen molar-refractivity contribution in [3.63, 3.8) is 0 Å². The second kappa shape index (κ2) is 4.82. The Hall–Kier alpha value is -1.10. The number of hydrogen-bond acceptors (Lipinski definition) is 4. The van der Waals surface area contributed by atoms with E-state index in [1.807, 2.05) is 0 Å². The Bertz CT molecular complexity index is 600. The molecule has 0 aliphatic carbocycles. The summed E-state index contributed by atoms with van der Waals surface area (Å²) in [5.74, 6) is -1.13. The molecule has 0 spiro atoms. The van der Waals surface area contributed by atoms with Crippen LogP contribution in [0, 0.1) is 0 Å². The van der Waals surface area contributed by atoms with Crippen LogP contribution < -0.4 is 40.3 Å². The molecule has 0 unspecified atom stereocenters. The first-order valence-electron chi connectivity index (χ1n) is 4.35. The minimum atomic E-state index is -0.869. The molecule has 0 aliphatic heterocycles. The van der Waals surface area contributed by atoms with Gasteiger partial charge in [-0.25, -0.2) is 4.79 Å². The van der Waals surface area contributed by atoms with E-state index in [1.54, 1.807) is 12.1 Å². The number of carbonyl (C=O) groups excluding carboxylic acids is 1. The molecule has 0 aliphatic rings. The van der Waals surface area contributed by atoms with Gasteiger partial charge in [0.25, 0.3) is 0 Å². The Morgan fingerprint density at radius 2 is 1.94 bits per heavy atom. The van der Waals surface area contributed by atoms with Gasteiger partial charge in [-0.2, -0.15) is 0 Å². The Balaban J connectivity index is 0.00000128. The van der Waals surface area contributed by atoms with E-state index in [1.165, 1.54) is 19.1 Å². The molecule has 0 bridgehead atoms. The van der Waals surface area contributed by atoms with Gasteiger partial charge in [-0.15, -0.1) is 0 Å². The number of Topliss-reactive ketones (excluding diaryl/α,β-unsaturated/α-hetero) is 1. The van der Waals surface area contributed by atoms with E-state index in [0.29, 0.717) is 0 Å². The van der Waals surface area contributed by atoms with E-state index in [4.69, 9.17) is 4.42 Å². The fourth-order valence-corrected chi connectivity index (χ4v) is 1.43. The maximum absolute atomic E-state index is 11.7. The first kappa shape index (κ1) is 13.0. The van der Waals surface area contributed by atoms with Gasteiger partial charge >= 0.3 is 35.2 Å². The van der Waals surface area contributed by atoms with Crippen LogP contribution >= 0.6 is 0 Å². The van der Waals surface area contributed by atoms with Gasteiger partial charge in [-0.3, -0.25) is 4.79 Å². The fourth-order valence-electron chi connectivity index (χ4n) is 1.43. The van der Waals surface area contributed by atoms with Gasteiger partial charge in [0.1, 0.15) is 5.58 Å². The van der Waals surface area contributed by atoms with Crippen LogP contribution in [0.25, 0.3) is 11.0 Å². The Labute approximate surface area is 113 Å². The Kier molecular flexibility index (Phi) is 3.91. The summed E-state index contributed by atoms with van der Waals surface area (Å²) >= 11 is 0. The van der Waals surface area contributed by atoms with E-state index < -0.39 is 22.7 Å². The normalized spacial score (nSPS) is 9.81. The molecule has 0 radical (unpaired) electrons. The van der Waals surface area contributed by atoms with Crippen LogP contribution in [-0.4, -0.2) is 5.78 Å². The summed E-state index contributed by atoms with van der Waals surface area (Å²) in [6.45, 7) is 1.17. The molecule has 2 aromatic rings. The van der Waals surface area contributed by atoms with Gasteiger partial charge in [-0.1, -0.05) is 23.9 Å². The van der Waals surface area contributed by atoms with E-state index in [9.17, 15) is 14.7 Å². The maximum atomic E-state index is 11.7. The van der Waals surface area contributed by atoms with Gasteiger partial charge in [0.15, 0.2) is 5.78 Å². The van der Waals surface area contributed by atoms with Crippen LogP contribution in [0.3, 0.4) is 0 Å². The molecular formula is C11H7NaO4. The minimum Gasteiger partial charge on any atom is -0.871 e. The number of para-hydroxylation sites is 1. The maximum Gasteiger partial charge on any atom is 1.00 e. The summed E-state index contributed by atoms with van der Waals surface area (Å²) in [6.07, 6.45) is 0. The molecule has 0 fully saturated rings. The predicted octanol–water partition coefficient (Wildman–Crippen LogP) is -1.93. The largest absolute Gasteiger partial charge is 1.00 e. The number of fused-ring (bicyclic) bond motifs is 1. The molecule has 0 saturated carbocycles. The number of benzene rings is 1. The predicted molar refractivity (Wildman–Crippen MR) is 51.9 cm³/mol. The molecule has 0 atom stereocenters. The van der Waals surface area contributed by atoms with Crippen molar-refractivity contribution in [2.45, 2.75) is 6.92 Å².